The lowest BCUT2D eigenvalue weighted by Crippen LogP contribution is -2.52. The van der Waals surface area contributed by atoms with Crippen LogP contribution >= 0.6 is 0 Å². The number of nitrogens with zero attached hydrogens (tertiary/aromatic N) is 2. The number of hydrogen-bond acceptors (Lipinski definition) is 4. The van der Waals surface area contributed by atoms with Crippen molar-refractivity contribution in [2.45, 2.75) is 65.0 Å². The molecule has 0 aromatic heterocycles. The minimum Gasteiger partial charge on any atom is -0.469 e. The molecule has 0 unspecified atom stereocenters. The van der Waals surface area contributed by atoms with Gasteiger partial charge in [-0.15, -0.1) is 0 Å². The van der Waals surface area contributed by atoms with Crippen molar-refractivity contribution in [3.8, 4) is 0 Å². The molecule has 150 valence electrons. The first-order chi connectivity index (χ1) is 13.4. The van der Waals surface area contributed by atoms with Crippen LogP contribution in [0.25, 0.3) is 0 Å². The maximum Gasteiger partial charge on any atom is 0.306 e. The number of aryl methyl sites for hydroxylation is 1. The Morgan fingerprint density at radius 2 is 2.07 bits per heavy atom. The number of aliphatic imine (C=N–C) groups is 1. The number of ether oxygens (including phenoxy) is 1. The second-order valence-corrected chi connectivity index (χ2v) is 8.96. The minimum absolute atomic E-state index is 0.0813. The van der Waals surface area contributed by atoms with Gasteiger partial charge in [0, 0.05) is 18.2 Å². The van der Waals surface area contributed by atoms with E-state index in [4.69, 9.17) is 9.73 Å². The van der Waals surface area contributed by atoms with Crippen LogP contribution in [0.5, 0.6) is 0 Å². The normalized spacial score (nSPS) is 26.4. The average Bonchev–Trinajstić information content (AvgIpc) is 3.37. The molecular formula is C23H30N2O3. The summed E-state index contributed by atoms with van der Waals surface area (Å²) in [4.78, 5) is 32.5. The lowest BCUT2D eigenvalue weighted by atomic mass is 9.87. The van der Waals surface area contributed by atoms with E-state index in [9.17, 15) is 9.59 Å². The van der Waals surface area contributed by atoms with E-state index in [-0.39, 0.29) is 42.2 Å². The fourth-order valence-electron chi connectivity index (χ4n) is 5.32. The van der Waals surface area contributed by atoms with Crippen LogP contribution in [0.3, 0.4) is 0 Å². The summed E-state index contributed by atoms with van der Waals surface area (Å²) in [7, 11) is 1.39. The Kier molecular flexibility index (Phi) is 5.02. The number of likely N-dealkylation sites (tertiary alicyclic amines) is 1. The summed E-state index contributed by atoms with van der Waals surface area (Å²) in [5.74, 6) is 0.0493. The molecule has 2 aliphatic heterocycles. The molecule has 1 amide bonds. The third-order valence-electron chi connectivity index (χ3n) is 6.79. The number of piperidine rings is 1. The van der Waals surface area contributed by atoms with Crippen LogP contribution in [0.15, 0.2) is 23.2 Å². The average molecular weight is 383 g/mol. The topological polar surface area (TPSA) is 59.0 Å². The minimum atomic E-state index is -0.332. The van der Waals surface area contributed by atoms with Crippen molar-refractivity contribution < 1.29 is 14.3 Å². The first-order valence-electron chi connectivity index (χ1n) is 10.4. The highest BCUT2D eigenvalue weighted by molar-refractivity contribution is 6.01. The van der Waals surface area contributed by atoms with Crippen LogP contribution in [0, 0.1) is 24.7 Å². The zero-order valence-electron chi connectivity index (χ0n) is 17.3. The lowest BCUT2D eigenvalue weighted by Gasteiger charge is -2.38. The number of benzene rings is 1. The Labute approximate surface area is 167 Å². The van der Waals surface area contributed by atoms with Gasteiger partial charge in [-0.1, -0.05) is 31.5 Å². The molecule has 5 nitrogen and oxygen atoms in total. The highest BCUT2D eigenvalue weighted by Gasteiger charge is 2.51. The summed E-state index contributed by atoms with van der Waals surface area (Å²) < 4.78 is 4.85. The van der Waals surface area contributed by atoms with Gasteiger partial charge in [0.15, 0.2) is 0 Å². The van der Waals surface area contributed by atoms with Crippen molar-refractivity contribution in [2.24, 2.45) is 22.7 Å². The molecule has 1 aromatic carbocycles. The predicted octanol–water partition coefficient (Wildman–Crippen LogP) is 3.84. The van der Waals surface area contributed by atoms with Gasteiger partial charge in [0.25, 0.3) is 0 Å². The molecule has 1 aliphatic carbocycles. The number of esters is 1. The predicted molar refractivity (Wildman–Crippen MR) is 109 cm³/mol. The summed E-state index contributed by atoms with van der Waals surface area (Å²) in [5, 5.41) is 0. The summed E-state index contributed by atoms with van der Waals surface area (Å²) in [6.45, 7) is 6.13. The van der Waals surface area contributed by atoms with Crippen molar-refractivity contribution in [2.75, 3.05) is 7.11 Å². The molecule has 4 rings (SSSR count). The Balaban J connectivity index is 1.61. The summed E-state index contributed by atoms with van der Waals surface area (Å²) >= 11 is 0. The molecular weight excluding hydrogens is 352 g/mol. The number of fused-ring (bicyclic) bond motifs is 3. The van der Waals surface area contributed by atoms with E-state index < -0.39 is 0 Å². The van der Waals surface area contributed by atoms with E-state index in [2.05, 4.69) is 30.0 Å². The van der Waals surface area contributed by atoms with Crippen molar-refractivity contribution >= 4 is 23.3 Å². The molecule has 0 radical (unpaired) electrons. The number of hydrogen-bond donors (Lipinski definition) is 0. The highest BCUT2D eigenvalue weighted by atomic mass is 16.5. The molecule has 1 aromatic rings. The fraction of sp³-hybridized carbons (Fsp3) is 0.609. The van der Waals surface area contributed by atoms with Gasteiger partial charge >= 0.3 is 5.97 Å². The van der Waals surface area contributed by atoms with Crippen molar-refractivity contribution in [1.29, 1.82) is 0 Å². The van der Waals surface area contributed by atoms with Gasteiger partial charge in [-0.05, 0) is 49.7 Å². The van der Waals surface area contributed by atoms with Crippen molar-refractivity contribution in [1.82, 2.24) is 4.90 Å². The van der Waals surface area contributed by atoms with Crippen LogP contribution in [0.1, 0.15) is 50.7 Å². The third kappa shape index (κ3) is 3.25. The summed E-state index contributed by atoms with van der Waals surface area (Å²) in [6.07, 6.45) is 4.28. The Morgan fingerprint density at radius 1 is 1.29 bits per heavy atom. The van der Waals surface area contributed by atoms with Crippen LogP contribution in [0.2, 0.25) is 0 Å². The maximum atomic E-state index is 13.6. The molecule has 1 saturated carbocycles. The highest BCUT2D eigenvalue weighted by Crippen LogP contribution is 2.46. The molecule has 3 aliphatic rings. The van der Waals surface area contributed by atoms with Gasteiger partial charge in [-0.25, -0.2) is 0 Å². The molecule has 0 N–H and O–H groups in total. The fourth-order valence-corrected chi connectivity index (χ4v) is 5.32. The summed E-state index contributed by atoms with van der Waals surface area (Å²) in [6, 6.07) is 6.76. The molecule has 2 fully saturated rings. The second-order valence-electron chi connectivity index (χ2n) is 8.96. The smallest absolute Gasteiger partial charge is 0.306 e. The number of carbonyl (C=O) groups excluding carboxylic acids is 2. The third-order valence-corrected chi connectivity index (χ3v) is 6.79. The maximum absolute atomic E-state index is 13.6. The molecule has 28 heavy (non-hydrogen) atoms. The molecule has 5 heteroatoms. The van der Waals surface area contributed by atoms with E-state index in [1.165, 1.54) is 18.2 Å². The Bertz CT molecular complexity index is 829. The molecule has 1 saturated heterocycles. The Hall–Kier alpha value is -2.17. The SMILES string of the molecule is COC(=O)C[C@H](C(=O)N1[C@@H]2CC[C@@H](C2)[C@H]1C1=Nc2ccc(C)cc2C1)C(C)C. The van der Waals surface area contributed by atoms with Crippen LogP contribution in [-0.2, 0) is 20.7 Å². The largest absolute Gasteiger partial charge is 0.469 e. The zero-order chi connectivity index (χ0) is 20.0. The standard InChI is InChI=1S/C23H30N2O3/c1-13(2)18(12-21(26)28-4)23(27)25-17-7-6-15(10-17)22(25)20-11-16-9-14(3)5-8-19(16)24-20/h5,8-9,13,15,17-18,22H,6-7,10-12H2,1-4H3/t15-,17+,18-,22-/m0/s1. The van der Waals surface area contributed by atoms with E-state index in [0.717, 1.165) is 37.1 Å². The quantitative estimate of drug-likeness (QED) is 0.727. The number of methoxy groups -OCH3 is 1. The van der Waals surface area contributed by atoms with Gasteiger partial charge in [0.1, 0.15) is 0 Å². The van der Waals surface area contributed by atoms with Gasteiger partial charge < -0.3 is 9.64 Å². The van der Waals surface area contributed by atoms with Crippen LogP contribution in [-0.4, -0.2) is 41.7 Å². The molecule has 2 bridgehead atoms. The van der Waals surface area contributed by atoms with E-state index in [1.54, 1.807) is 0 Å². The number of amides is 1. The van der Waals surface area contributed by atoms with Gasteiger partial charge in [-0.3, -0.25) is 14.6 Å². The Morgan fingerprint density at radius 3 is 2.79 bits per heavy atom. The van der Waals surface area contributed by atoms with Gasteiger partial charge in [-0.2, -0.15) is 0 Å². The van der Waals surface area contributed by atoms with E-state index >= 15 is 0 Å². The lowest BCUT2D eigenvalue weighted by molar-refractivity contribution is -0.149. The van der Waals surface area contributed by atoms with Crippen molar-refractivity contribution in [3.05, 3.63) is 29.3 Å². The second kappa shape index (κ2) is 7.34. The molecule has 0 spiro atoms. The molecule has 2 heterocycles. The monoisotopic (exact) mass is 382 g/mol. The van der Waals surface area contributed by atoms with Gasteiger partial charge in [0.2, 0.25) is 5.91 Å². The number of carbonyl (C=O) groups is 2. The van der Waals surface area contributed by atoms with Crippen LogP contribution < -0.4 is 0 Å². The first kappa shape index (κ1) is 19.2. The van der Waals surface area contributed by atoms with E-state index in [0.29, 0.717) is 5.92 Å². The summed E-state index contributed by atoms with van der Waals surface area (Å²) in [5.41, 5.74) is 4.68. The van der Waals surface area contributed by atoms with Crippen LogP contribution in [0.4, 0.5) is 5.69 Å². The molecule has 4 atom stereocenters. The van der Waals surface area contributed by atoms with E-state index in [1.807, 2.05) is 13.8 Å². The van der Waals surface area contributed by atoms with Gasteiger partial charge in [0.05, 0.1) is 31.2 Å². The van der Waals surface area contributed by atoms with Crippen molar-refractivity contribution in [3.63, 3.8) is 0 Å². The first-order valence-corrected chi connectivity index (χ1v) is 10.4. The number of rotatable bonds is 5. The zero-order valence-corrected chi connectivity index (χ0v) is 17.3.